The lowest BCUT2D eigenvalue weighted by molar-refractivity contribution is -0.130. The maximum atomic E-state index is 12.0. The Morgan fingerprint density at radius 1 is 1.40 bits per heavy atom. The van der Waals surface area contributed by atoms with Gasteiger partial charge in [-0.25, -0.2) is 0 Å². The van der Waals surface area contributed by atoms with E-state index in [-0.39, 0.29) is 11.3 Å². The Bertz CT molecular complexity index is 210. The lowest BCUT2D eigenvalue weighted by atomic mass is 9.85. The zero-order valence-corrected chi connectivity index (χ0v) is 9.88. The second-order valence-electron chi connectivity index (χ2n) is 4.75. The Morgan fingerprint density at radius 2 is 2.00 bits per heavy atom. The van der Waals surface area contributed by atoms with Gasteiger partial charge in [0, 0.05) is 19.6 Å². The van der Waals surface area contributed by atoms with Crippen LogP contribution in [-0.4, -0.2) is 44.5 Å². The third kappa shape index (κ3) is 3.18. The number of carbonyl (C=O) groups is 1. The Labute approximate surface area is 92.2 Å². The molecule has 1 fully saturated rings. The average Bonchev–Trinajstić information content (AvgIpc) is 2.66. The molecule has 0 atom stereocenters. The topological polar surface area (TPSA) is 58.4 Å². The van der Waals surface area contributed by atoms with E-state index in [2.05, 4.69) is 10.2 Å². The van der Waals surface area contributed by atoms with Crippen molar-refractivity contribution in [3.05, 3.63) is 0 Å². The van der Waals surface area contributed by atoms with Crippen LogP contribution in [0.15, 0.2) is 0 Å². The van der Waals surface area contributed by atoms with Crippen LogP contribution in [0.5, 0.6) is 0 Å². The summed E-state index contributed by atoms with van der Waals surface area (Å²) in [6.07, 6.45) is 4.19. The third-order valence-electron chi connectivity index (χ3n) is 3.28. The number of likely N-dealkylation sites (N-methyl/N-ethyl adjacent to an activating group) is 1. The van der Waals surface area contributed by atoms with Gasteiger partial charge < -0.3 is 16.0 Å². The van der Waals surface area contributed by atoms with E-state index in [0.29, 0.717) is 13.1 Å². The Kier molecular flexibility index (Phi) is 4.54. The van der Waals surface area contributed by atoms with Gasteiger partial charge in [0.1, 0.15) is 0 Å². The Hall–Kier alpha value is -0.610. The first-order valence-corrected chi connectivity index (χ1v) is 5.74. The van der Waals surface area contributed by atoms with Crippen LogP contribution in [0, 0.1) is 5.41 Å². The molecule has 15 heavy (non-hydrogen) atoms. The summed E-state index contributed by atoms with van der Waals surface area (Å²) in [6, 6.07) is 0. The van der Waals surface area contributed by atoms with Crippen LogP contribution in [0.3, 0.4) is 0 Å². The van der Waals surface area contributed by atoms with Crippen LogP contribution in [0.4, 0.5) is 0 Å². The highest BCUT2D eigenvalue weighted by Crippen LogP contribution is 2.37. The average molecular weight is 213 g/mol. The van der Waals surface area contributed by atoms with E-state index in [9.17, 15) is 4.79 Å². The molecule has 0 bridgehead atoms. The van der Waals surface area contributed by atoms with Crippen LogP contribution in [0.25, 0.3) is 0 Å². The number of rotatable bonds is 5. The maximum absolute atomic E-state index is 12.0. The molecule has 0 aromatic heterocycles. The maximum Gasteiger partial charge on any atom is 0.227 e. The predicted octanol–water partition coefficient (Wildman–Crippen LogP) is 0.183. The molecule has 0 heterocycles. The summed E-state index contributed by atoms with van der Waals surface area (Å²) < 4.78 is 0. The van der Waals surface area contributed by atoms with E-state index in [1.807, 2.05) is 14.1 Å². The molecular formula is C11H23N3O. The second-order valence-corrected chi connectivity index (χ2v) is 4.75. The zero-order chi connectivity index (χ0) is 11.3. The summed E-state index contributed by atoms with van der Waals surface area (Å²) in [6.45, 7) is 2.08. The molecular weight excluding hydrogens is 190 g/mol. The van der Waals surface area contributed by atoms with E-state index in [4.69, 9.17) is 5.73 Å². The van der Waals surface area contributed by atoms with Crippen molar-refractivity contribution in [2.45, 2.75) is 25.7 Å². The largest absolute Gasteiger partial charge is 0.354 e. The quantitative estimate of drug-likeness (QED) is 0.685. The molecule has 1 rings (SSSR count). The van der Waals surface area contributed by atoms with E-state index >= 15 is 0 Å². The molecule has 0 spiro atoms. The standard InChI is InChI=1S/C11H23N3O/c1-14(2)8-7-13-10(15)11(9-12)5-3-4-6-11/h3-9,12H2,1-2H3,(H,13,15). The molecule has 3 N–H and O–H groups in total. The summed E-state index contributed by atoms with van der Waals surface area (Å²) in [5.41, 5.74) is 5.47. The van der Waals surface area contributed by atoms with Crippen molar-refractivity contribution in [2.24, 2.45) is 11.1 Å². The normalized spacial score (nSPS) is 19.5. The molecule has 1 amide bonds. The summed E-state index contributed by atoms with van der Waals surface area (Å²) in [7, 11) is 4.00. The van der Waals surface area contributed by atoms with Crippen molar-refractivity contribution in [1.29, 1.82) is 0 Å². The molecule has 1 aliphatic carbocycles. The smallest absolute Gasteiger partial charge is 0.227 e. The summed E-state index contributed by atoms with van der Waals surface area (Å²) >= 11 is 0. The molecule has 0 aromatic rings. The molecule has 0 radical (unpaired) electrons. The van der Waals surface area contributed by atoms with Gasteiger partial charge in [-0.05, 0) is 26.9 Å². The number of hydrogen-bond acceptors (Lipinski definition) is 3. The molecule has 4 nitrogen and oxygen atoms in total. The van der Waals surface area contributed by atoms with Crippen molar-refractivity contribution in [3.63, 3.8) is 0 Å². The van der Waals surface area contributed by atoms with Gasteiger partial charge in [-0.15, -0.1) is 0 Å². The predicted molar refractivity (Wildman–Crippen MR) is 61.5 cm³/mol. The first kappa shape index (κ1) is 12.5. The van der Waals surface area contributed by atoms with Crippen LogP contribution >= 0.6 is 0 Å². The number of nitrogens with one attached hydrogen (secondary N) is 1. The monoisotopic (exact) mass is 213 g/mol. The third-order valence-corrected chi connectivity index (χ3v) is 3.28. The Morgan fingerprint density at radius 3 is 2.47 bits per heavy atom. The minimum atomic E-state index is -0.258. The fraction of sp³-hybridized carbons (Fsp3) is 0.909. The van der Waals surface area contributed by atoms with Gasteiger partial charge in [0.05, 0.1) is 5.41 Å². The van der Waals surface area contributed by atoms with Gasteiger partial charge in [0.25, 0.3) is 0 Å². The van der Waals surface area contributed by atoms with Gasteiger partial charge in [-0.3, -0.25) is 4.79 Å². The van der Waals surface area contributed by atoms with Gasteiger partial charge in [0.15, 0.2) is 0 Å². The van der Waals surface area contributed by atoms with E-state index < -0.39 is 0 Å². The molecule has 1 saturated carbocycles. The van der Waals surface area contributed by atoms with Crippen LogP contribution < -0.4 is 11.1 Å². The van der Waals surface area contributed by atoms with Crippen LogP contribution in [-0.2, 0) is 4.79 Å². The lowest BCUT2D eigenvalue weighted by Crippen LogP contribution is -2.45. The number of nitrogens with zero attached hydrogens (tertiary/aromatic N) is 1. The number of amides is 1. The van der Waals surface area contributed by atoms with Crippen molar-refractivity contribution in [3.8, 4) is 0 Å². The number of hydrogen-bond donors (Lipinski definition) is 2. The number of carbonyl (C=O) groups excluding carboxylic acids is 1. The summed E-state index contributed by atoms with van der Waals surface area (Å²) in [4.78, 5) is 14.0. The molecule has 4 heteroatoms. The van der Waals surface area contributed by atoms with Gasteiger partial charge >= 0.3 is 0 Å². The molecule has 0 unspecified atom stereocenters. The van der Waals surface area contributed by atoms with E-state index in [1.165, 1.54) is 0 Å². The van der Waals surface area contributed by atoms with Crippen molar-refractivity contribution >= 4 is 5.91 Å². The SMILES string of the molecule is CN(C)CCNC(=O)C1(CN)CCCC1. The molecule has 0 aliphatic heterocycles. The molecule has 88 valence electrons. The first-order chi connectivity index (χ1) is 7.10. The Balaban J connectivity index is 2.37. The van der Waals surface area contributed by atoms with E-state index in [1.54, 1.807) is 0 Å². The van der Waals surface area contributed by atoms with Crippen molar-refractivity contribution in [2.75, 3.05) is 33.7 Å². The van der Waals surface area contributed by atoms with E-state index in [0.717, 1.165) is 32.2 Å². The summed E-state index contributed by atoms with van der Waals surface area (Å²) in [5.74, 6) is 0.157. The van der Waals surface area contributed by atoms with Gasteiger partial charge in [0.2, 0.25) is 5.91 Å². The minimum Gasteiger partial charge on any atom is -0.354 e. The van der Waals surface area contributed by atoms with Crippen molar-refractivity contribution < 1.29 is 4.79 Å². The molecule has 1 aliphatic rings. The van der Waals surface area contributed by atoms with Crippen LogP contribution in [0.1, 0.15) is 25.7 Å². The fourth-order valence-corrected chi connectivity index (χ4v) is 2.16. The first-order valence-electron chi connectivity index (χ1n) is 5.74. The van der Waals surface area contributed by atoms with Crippen molar-refractivity contribution in [1.82, 2.24) is 10.2 Å². The molecule has 0 saturated heterocycles. The fourth-order valence-electron chi connectivity index (χ4n) is 2.16. The van der Waals surface area contributed by atoms with Gasteiger partial charge in [-0.2, -0.15) is 0 Å². The lowest BCUT2D eigenvalue weighted by Gasteiger charge is -2.26. The summed E-state index contributed by atoms with van der Waals surface area (Å²) in [5, 5.41) is 2.99. The number of nitrogens with two attached hydrogens (primary N) is 1. The zero-order valence-electron chi connectivity index (χ0n) is 9.88. The van der Waals surface area contributed by atoms with Crippen LogP contribution in [0.2, 0.25) is 0 Å². The highest BCUT2D eigenvalue weighted by molar-refractivity contribution is 5.83. The minimum absolute atomic E-state index is 0.157. The second kappa shape index (κ2) is 5.47. The highest BCUT2D eigenvalue weighted by Gasteiger charge is 2.39. The molecule has 0 aromatic carbocycles. The van der Waals surface area contributed by atoms with Gasteiger partial charge in [-0.1, -0.05) is 12.8 Å². The highest BCUT2D eigenvalue weighted by atomic mass is 16.2.